The first-order chi connectivity index (χ1) is 11.6. The molecular weight excluding hydrogens is 439 g/mol. The Kier molecular flexibility index (Phi) is 5.47. The average molecular weight is 453 g/mol. The summed E-state index contributed by atoms with van der Waals surface area (Å²) in [5.74, 6) is 0.298. The molecule has 3 aromatic rings. The molecule has 0 radical (unpaired) electrons. The zero-order valence-corrected chi connectivity index (χ0v) is 15.5. The molecule has 0 spiro atoms. The highest BCUT2D eigenvalue weighted by Gasteiger charge is 2.12. The van der Waals surface area contributed by atoms with E-state index in [1.54, 1.807) is 35.3 Å². The summed E-state index contributed by atoms with van der Waals surface area (Å²) >= 11 is 8.07. The highest BCUT2D eigenvalue weighted by atomic mass is 127. The quantitative estimate of drug-likeness (QED) is 0.595. The minimum absolute atomic E-state index is 0.221. The molecule has 0 fully saturated rings. The first kappa shape index (κ1) is 16.9. The van der Waals surface area contributed by atoms with E-state index < -0.39 is 0 Å². The lowest BCUT2D eigenvalue weighted by atomic mass is 10.2. The van der Waals surface area contributed by atoms with Crippen molar-refractivity contribution in [1.29, 1.82) is 0 Å². The number of rotatable bonds is 5. The minimum Gasteiger partial charge on any atom is -0.305 e. The van der Waals surface area contributed by atoms with Crippen LogP contribution in [-0.2, 0) is 13.0 Å². The van der Waals surface area contributed by atoms with Gasteiger partial charge in [0.2, 0.25) is 0 Å². The van der Waals surface area contributed by atoms with Crippen molar-refractivity contribution >= 4 is 45.9 Å². The smallest absolute Gasteiger partial charge is 0.257 e. The molecule has 122 valence electrons. The molecule has 0 bridgehead atoms. The van der Waals surface area contributed by atoms with Crippen LogP contribution >= 0.6 is 34.2 Å². The Balaban J connectivity index is 1.63. The van der Waals surface area contributed by atoms with Crippen molar-refractivity contribution in [3.63, 3.8) is 0 Å². The molecular formula is C17H14ClIN4O. The van der Waals surface area contributed by atoms with Crippen LogP contribution in [0.3, 0.4) is 0 Å². The second kappa shape index (κ2) is 7.76. The van der Waals surface area contributed by atoms with Crippen LogP contribution in [0.25, 0.3) is 0 Å². The van der Waals surface area contributed by atoms with Crippen LogP contribution in [-0.4, -0.2) is 20.7 Å². The first-order valence-corrected chi connectivity index (χ1v) is 8.76. The molecule has 0 unspecified atom stereocenters. The highest BCUT2D eigenvalue weighted by Crippen LogP contribution is 2.19. The van der Waals surface area contributed by atoms with E-state index in [4.69, 9.17) is 11.6 Å². The van der Waals surface area contributed by atoms with Crippen molar-refractivity contribution in [3.05, 3.63) is 74.7 Å². The van der Waals surface area contributed by atoms with Gasteiger partial charge in [-0.25, -0.2) is 0 Å². The maximum atomic E-state index is 12.3. The monoisotopic (exact) mass is 452 g/mol. The summed E-state index contributed by atoms with van der Waals surface area (Å²) in [7, 11) is 0. The molecule has 0 atom stereocenters. The minimum atomic E-state index is -0.221. The molecule has 24 heavy (non-hydrogen) atoms. The molecule has 1 aromatic carbocycles. The Morgan fingerprint density at radius 1 is 1.21 bits per heavy atom. The van der Waals surface area contributed by atoms with E-state index >= 15 is 0 Å². The van der Waals surface area contributed by atoms with Crippen LogP contribution in [0.5, 0.6) is 0 Å². The summed E-state index contributed by atoms with van der Waals surface area (Å²) in [4.78, 5) is 16.3. The second-order valence-electron chi connectivity index (χ2n) is 5.15. The number of hydrogen-bond acceptors (Lipinski definition) is 3. The predicted molar refractivity (Wildman–Crippen MR) is 102 cm³/mol. The Hall–Kier alpha value is -1.93. The topological polar surface area (TPSA) is 59.8 Å². The maximum Gasteiger partial charge on any atom is 0.257 e. The molecule has 1 amide bonds. The van der Waals surface area contributed by atoms with Crippen molar-refractivity contribution in [2.75, 3.05) is 5.32 Å². The number of halogens is 2. The van der Waals surface area contributed by atoms with Gasteiger partial charge in [0.25, 0.3) is 5.91 Å². The zero-order valence-electron chi connectivity index (χ0n) is 12.6. The van der Waals surface area contributed by atoms with Crippen molar-refractivity contribution < 1.29 is 4.79 Å². The van der Waals surface area contributed by atoms with Crippen molar-refractivity contribution in [2.24, 2.45) is 0 Å². The van der Waals surface area contributed by atoms with Gasteiger partial charge in [0.05, 0.1) is 5.56 Å². The fourth-order valence-electron chi connectivity index (χ4n) is 2.20. The number of nitrogens with zero attached hydrogens (tertiary/aromatic N) is 3. The Bertz CT molecular complexity index is 851. The number of pyridine rings is 1. The number of aryl methyl sites for hydroxylation is 2. The SMILES string of the molecule is O=C(Nc1ccn(CCc2ccncc2)n1)c1cc(Cl)ccc1I. The van der Waals surface area contributed by atoms with Gasteiger partial charge < -0.3 is 5.32 Å². The van der Waals surface area contributed by atoms with Crippen LogP contribution in [0, 0.1) is 3.57 Å². The van der Waals surface area contributed by atoms with E-state index in [1.165, 1.54) is 5.56 Å². The summed E-state index contributed by atoms with van der Waals surface area (Å²) in [6.45, 7) is 0.731. The number of amides is 1. The van der Waals surface area contributed by atoms with E-state index in [0.29, 0.717) is 16.4 Å². The number of anilines is 1. The predicted octanol–water partition coefficient (Wildman–Crippen LogP) is 4.03. The number of carbonyl (C=O) groups excluding carboxylic acids is 1. The average Bonchev–Trinajstić information content (AvgIpc) is 3.03. The van der Waals surface area contributed by atoms with Gasteiger partial charge in [-0.15, -0.1) is 0 Å². The van der Waals surface area contributed by atoms with Crippen LogP contribution < -0.4 is 5.32 Å². The molecule has 0 aliphatic heterocycles. The molecule has 2 aromatic heterocycles. The third-order valence-electron chi connectivity index (χ3n) is 3.43. The number of hydrogen-bond donors (Lipinski definition) is 1. The van der Waals surface area contributed by atoms with E-state index in [2.05, 4.69) is 38.0 Å². The van der Waals surface area contributed by atoms with E-state index in [9.17, 15) is 4.79 Å². The molecule has 1 N–H and O–H groups in total. The summed E-state index contributed by atoms with van der Waals surface area (Å²) in [6, 6.07) is 11.0. The van der Waals surface area contributed by atoms with Gasteiger partial charge in [0, 0.05) is 39.8 Å². The highest BCUT2D eigenvalue weighted by molar-refractivity contribution is 14.1. The van der Waals surface area contributed by atoms with Crippen LogP contribution in [0.2, 0.25) is 5.02 Å². The number of benzene rings is 1. The molecule has 2 heterocycles. The van der Waals surface area contributed by atoms with Crippen LogP contribution in [0.15, 0.2) is 55.0 Å². The van der Waals surface area contributed by atoms with Crippen molar-refractivity contribution in [2.45, 2.75) is 13.0 Å². The van der Waals surface area contributed by atoms with Crippen LogP contribution in [0.4, 0.5) is 5.82 Å². The molecule has 7 heteroatoms. The number of carbonyl (C=O) groups is 1. The molecule has 0 aliphatic rings. The van der Waals surface area contributed by atoms with E-state index in [-0.39, 0.29) is 5.91 Å². The van der Waals surface area contributed by atoms with Gasteiger partial charge in [0.15, 0.2) is 5.82 Å². The molecule has 0 saturated heterocycles. The summed E-state index contributed by atoms with van der Waals surface area (Å²) in [5, 5.41) is 7.71. The number of nitrogens with one attached hydrogen (secondary N) is 1. The molecule has 5 nitrogen and oxygen atoms in total. The largest absolute Gasteiger partial charge is 0.305 e. The summed E-state index contributed by atoms with van der Waals surface area (Å²) in [5.41, 5.74) is 1.73. The molecule has 0 aliphatic carbocycles. The zero-order chi connectivity index (χ0) is 16.9. The lowest BCUT2D eigenvalue weighted by molar-refractivity contribution is 0.102. The Labute approximate surface area is 158 Å². The maximum absolute atomic E-state index is 12.3. The van der Waals surface area contributed by atoms with Gasteiger partial charge in [-0.3, -0.25) is 14.5 Å². The lowest BCUT2D eigenvalue weighted by Crippen LogP contribution is -2.14. The summed E-state index contributed by atoms with van der Waals surface area (Å²) in [6.07, 6.45) is 6.25. The molecule has 0 saturated carbocycles. The normalized spacial score (nSPS) is 10.6. The van der Waals surface area contributed by atoms with Gasteiger partial charge in [-0.2, -0.15) is 5.10 Å². The Morgan fingerprint density at radius 3 is 2.79 bits per heavy atom. The number of aromatic nitrogens is 3. The lowest BCUT2D eigenvalue weighted by Gasteiger charge is -2.05. The van der Waals surface area contributed by atoms with Crippen molar-refractivity contribution in [3.8, 4) is 0 Å². The fourth-order valence-corrected chi connectivity index (χ4v) is 2.95. The summed E-state index contributed by atoms with van der Waals surface area (Å²) < 4.78 is 2.64. The van der Waals surface area contributed by atoms with Crippen molar-refractivity contribution in [1.82, 2.24) is 14.8 Å². The standard InChI is InChI=1S/C17H14ClIN4O/c18-13-1-2-15(19)14(11-13)17(24)21-16-6-10-23(22-16)9-5-12-3-7-20-8-4-12/h1-4,6-8,10-11H,5,9H2,(H,21,22,24). The van der Waals surface area contributed by atoms with E-state index in [0.717, 1.165) is 16.5 Å². The first-order valence-electron chi connectivity index (χ1n) is 7.30. The van der Waals surface area contributed by atoms with Gasteiger partial charge in [0.1, 0.15) is 0 Å². The van der Waals surface area contributed by atoms with E-state index in [1.807, 2.05) is 24.4 Å². The third kappa shape index (κ3) is 4.33. The third-order valence-corrected chi connectivity index (χ3v) is 4.61. The van der Waals surface area contributed by atoms with Gasteiger partial charge in [-0.1, -0.05) is 11.6 Å². The van der Waals surface area contributed by atoms with Gasteiger partial charge in [-0.05, 0) is 64.9 Å². The molecule has 3 rings (SSSR count). The Morgan fingerprint density at radius 2 is 2.00 bits per heavy atom. The van der Waals surface area contributed by atoms with Gasteiger partial charge >= 0.3 is 0 Å². The second-order valence-corrected chi connectivity index (χ2v) is 6.75. The fraction of sp³-hybridized carbons (Fsp3) is 0.118. The van der Waals surface area contributed by atoms with Crippen LogP contribution in [0.1, 0.15) is 15.9 Å².